The van der Waals surface area contributed by atoms with Crippen LogP contribution >= 0.6 is 11.3 Å². The number of hydrogen-bond acceptors (Lipinski definition) is 6. The molecule has 7 atom stereocenters. The van der Waals surface area contributed by atoms with Gasteiger partial charge in [-0.1, -0.05) is 12.1 Å². The van der Waals surface area contributed by atoms with Crippen LogP contribution in [0.5, 0.6) is 11.5 Å². The Bertz CT molecular complexity index is 1290. The average Bonchev–Trinajstić information content (AvgIpc) is 3.45. The van der Waals surface area contributed by atoms with Crippen molar-refractivity contribution in [1.29, 1.82) is 0 Å². The zero-order valence-electron chi connectivity index (χ0n) is 23.0. The van der Waals surface area contributed by atoms with Crippen molar-refractivity contribution in [2.75, 3.05) is 20.2 Å². The van der Waals surface area contributed by atoms with Gasteiger partial charge in [0.1, 0.15) is 11.2 Å². The fourth-order valence-electron chi connectivity index (χ4n) is 10.8. The van der Waals surface area contributed by atoms with E-state index in [0.29, 0.717) is 18.2 Å². The zero-order valence-corrected chi connectivity index (χ0v) is 23.8. The van der Waals surface area contributed by atoms with Crippen molar-refractivity contribution in [1.82, 2.24) is 4.90 Å². The molecule has 3 unspecified atom stereocenters. The number of phenols is 1. The number of nitrogens with zero attached hydrogens (tertiary/aromatic N) is 1. The van der Waals surface area contributed by atoms with Gasteiger partial charge in [0, 0.05) is 41.5 Å². The summed E-state index contributed by atoms with van der Waals surface area (Å²) in [5.41, 5.74) is 0.256. The Morgan fingerprint density at radius 1 is 1.21 bits per heavy atom. The topological polar surface area (TPSA) is 62.2 Å². The summed E-state index contributed by atoms with van der Waals surface area (Å²) in [5, 5.41) is 25.6. The fraction of sp³-hybridized carbons (Fsp3) is 0.688. The standard InChI is InChI=1S/C32H41NO4S/c1-28(35,11-10-22-5-4-16-38-22)24-18-30-12-13-32(24,36-3)29(2)31(30)14-15-33(19-20-6-7-20)25(30)17-21-8-9-23(34)27(37-29)26(21)31/h4-5,8-9,16,20,24-25,34-35H,6-7,10-15,17-19H2,1-3H3/t24?,25-,28?,29+,30?,31+,32-/m1/s1. The molecule has 4 saturated carbocycles. The Kier molecular flexibility index (Phi) is 4.82. The maximum absolute atomic E-state index is 12.4. The van der Waals surface area contributed by atoms with Gasteiger partial charge in [-0.15, -0.1) is 11.3 Å². The molecule has 7 aliphatic rings. The van der Waals surface area contributed by atoms with Gasteiger partial charge in [0.25, 0.3) is 0 Å². The van der Waals surface area contributed by atoms with E-state index in [4.69, 9.17) is 9.47 Å². The van der Waals surface area contributed by atoms with E-state index >= 15 is 0 Å². The molecule has 0 radical (unpaired) electrons. The van der Waals surface area contributed by atoms with Crippen LogP contribution in [0.15, 0.2) is 29.6 Å². The quantitative estimate of drug-likeness (QED) is 0.494. The minimum absolute atomic E-state index is 0.00119. The lowest BCUT2D eigenvalue weighted by atomic mass is 9.30. The summed E-state index contributed by atoms with van der Waals surface area (Å²) in [6, 6.07) is 8.73. The Morgan fingerprint density at radius 3 is 2.79 bits per heavy atom. The lowest BCUT2D eigenvalue weighted by Gasteiger charge is -2.78. The maximum Gasteiger partial charge on any atom is 0.166 e. The predicted octanol–water partition coefficient (Wildman–Crippen LogP) is 5.45. The smallest absolute Gasteiger partial charge is 0.166 e. The van der Waals surface area contributed by atoms with Crippen LogP contribution in [0, 0.1) is 17.3 Å². The molecule has 9 rings (SSSR count). The predicted molar refractivity (Wildman–Crippen MR) is 148 cm³/mol. The van der Waals surface area contributed by atoms with E-state index in [0.717, 1.165) is 51.0 Å². The highest BCUT2D eigenvalue weighted by molar-refractivity contribution is 7.09. The van der Waals surface area contributed by atoms with Crippen molar-refractivity contribution in [3.63, 3.8) is 0 Å². The van der Waals surface area contributed by atoms with Crippen molar-refractivity contribution < 1.29 is 19.7 Å². The molecule has 38 heavy (non-hydrogen) atoms. The van der Waals surface area contributed by atoms with Gasteiger partial charge in [-0.05, 0) is 107 Å². The highest BCUT2D eigenvalue weighted by Crippen LogP contribution is 2.81. The molecule has 0 amide bonds. The first-order chi connectivity index (χ1) is 18.2. The van der Waals surface area contributed by atoms with Crippen LogP contribution in [-0.2, 0) is 23.0 Å². The van der Waals surface area contributed by atoms with E-state index in [9.17, 15) is 10.2 Å². The molecule has 1 saturated heterocycles. The van der Waals surface area contributed by atoms with Crippen molar-refractivity contribution in [3.8, 4) is 11.5 Å². The molecule has 1 aromatic carbocycles. The molecule has 1 aromatic heterocycles. The molecule has 5 aliphatic carbocycles. The monoisotopic (exact) mass is 535 g/mol. The van der Waals surface area contributed by atoms with Gasteiger partial charge in [-0.25, -0.2) is 0 Å². The first-order valence-electron chi connectivity index (χ1n) is 14.8. The molecule has 2 N–H and O–H groups in total. The van der Waals surface area contributed by atoms with E-state index < -0.39 is 16.8 Å². The second-order valence-corrected chi connectivity index (χ2v) is 14.9. The minimum atomic E-state index is -0.895. The number of methoxy groups -OCH3 is 1. The number of aromatic hydroxyl groups is 1. The molecule has 5 fully saturated rings. The first kappa shape index (κ1) is 24.2. The molecule has 2 aliphatic heterocycles. The van der Waals surface area contributed by atoms with Gasteiger partial charge < -0.3 is 19.7 Å². The highest BCUT2D eigenvalue weighted by atomic mass is 32.1. The van der Waals surface area contributed by atoms with Gasteiger partial charge in [0.15, 0.2) is 11.5 Å². The summed E-state index contributed by atoms with van der Waals surface area (Å²) in [7, 11) is 1.85. The number of benzene rings is 1. The summed E-state index contributed by atoms with van der Waals surface area (Å²) in [6.07, 6.45) is 9.30. The number of likely N-dealkylation sites (tertiary alicyclic amines) is 1. The van der Waals surface area contributed by atoms with Crippen LogP contribution in [0.4, 0.5) is 0 Å². The third-order valence-electron chi connectivity index (χ3n) is 12.5. The van der Waals surface area contributed by atoms with Crippen molar-refractivity contribution in [2.24, 2.45) is 17.3 Å². The van der Waals surface area contributed by atoms with E-state index in [1.165, 1.54) is 35.4 Å². The third kappa shape index (κ3) is 2.65. The maximum atomic E-state index is 12.4. The molecule has 3 heterocycles. The summed E-state index contributed by atoms with van der Waals surface area (Å²) in [5.74, 6) is 1.76. The fourth-order valence-corrected chi connectivity index (χ4v) is 11.5. The summed E-state index contributed by atoms with van der Waals surface area (Å²) in [6.45, 7) is 6.63. The second kappa shape index (κ2) is 7.57. The van der Waals surface area contributed by atoms with Crippen molar-refractivity contribution in [2.45, 2.75) is 99.9 Å². The SMILES string of the molecule is CO[C@]12CCC3(CC1C(C)(O)CCc1cccs1)[C@H]1Cc4ccc(O)c5c4[C@@]3(CCN1CC1CC1)[C@]2(C)O5. The number of ether oxygens (including phenoxy) is 2. The Hall–Kier alpha value is -1.60. The minimum Gasteiger partial charge on any atom is -0.504 e. The molecule has 6 heteroatoms. The summed E-state index contributed by atoms with van der Waals surface area (Å²) < 4.78 is 13.8. The second-order valence-electron chi connectivity index (χ2n) is 13.8. The van der Waals surface area contributed by atoms with Crippen LogP contribution in [-0.4, -0.2) is 58.2 Å². The lowest BCUT2D eigenvalue weighted by molar-refractivity contribution is -0.337. The van der Waals surface area contributed by atoms with Crippen molar-refractivity contribution >= 4 is 11.3 Å². The van der Waals surface area contributed by atoms with Crippen LogP contribution in [0.2, 0.25) is 0 Å². The molecule has 2 spiro atoms. The number of hydrogen-bond donors (Lipinski definition) is 2. The van der Waals surface area contributed by atoms with E-state index in [-0.39, 0.29) is 22.5 Å². The van der Waals surface area contributed by atoms with Crippen LogP contribution in [0.25, 0.3) is 0 Å². The van der Waals surface area contributed by atoms with Gasteiger partial charge >= 0.3 is 0 Å². The van der Waals surface area contributed by atoms with E-state index in [1.54, 1.807) is 11.3 Å². The Morgan fingerprint density at radius 2 is 2.05 bits per heavy atom. The van der Waals surface area contributed by atoms with E-state index in [1.807, 2.05) is 13.2 Å². The number of piperidine rings is 1. The van der Waals surface area contributed by atoms with Crippen LogP contribution < -0.4 is 4.74 Å². The highest BCUT2D eigenvalue weighted by Gasteiger charge is 2.86. The molecule has 5 nitrogen and oxygen atoms in total. The van der Waals surface area contributed by atoms with Crippen LogP contribution in [0.3, 0.4) is 0 Å². The normalized spacial score (nSPS) is 42.0. The van der Waals surface area contributed by atoms with E-state index in [2.05, 4.69) is 42.3 Å². The molecule has 4 bridgehead atoms. The number of aliphatic hydroxyl groups is 1. The van der Waals surface area contributed by atoms with Gasteiger partial charge in [-0.2, -0.15) is 0 Å². The number of aryl methyl sites for hydroxylation is 1. The number of rotatable bonds is 7. The largest absolute Gasteiger partial charge is 0.504 e. The third-order valence-corrected chi connectivity index (χ3v) is 13.5. The molecular weight excluding hydrogens is 494 g/mol. The van der Waals surface area contributed by atoms with Crippen LogP contribution in [0.1, 0.15) is 74.8 Å². The number of phenolic OH excluding ortho intramolecular Hbond substituents is 1. The van der Waals surface area contributed by atoms with Crippen molar-refractivity contribution in [3.05, 3.63) is 45.6 Å². The average molecular weight is 536 g/mol. The van der Waals surface area contributed by atoms with Gasteiger partial charge in [0.2, 0.25) is 0 Å². The first-order valence-corrected chi connectivity index (χ1v) is 15.7. The Balaban J connectivity index is 1.31. The molecule has 2 aromatic rings. The summed E-state index contributed by atoms with van der Waals surface area (Å²) >= 11 is 1.77. The lowest BCUT2D eigenvalue weighted by Crippen LogP contribution is -2.87. The zero-order chi connectivity index (χ0) is 26.1. The number of fused-ring (bicyclic) bond motifs is 2. The van der Waals surface area contributed by atoms with Gasteiger partial charge in [0.05, 0.1) is 11.0 Å². The summed E-state index contributed by atoms with van der Waals surface area (Å²) in [4.78, 5) is 4.16. The van der Waals surface area contributed by atoms with Gasteiger partial charge in [-0.3, -0.25) is 4.90 Å². The number of thiophene rings is 1. The molecule has 204 valence electrons. The Labute approximate surface area is 230 Å². The molecular formula is C32H41NO4S.